The van der Waals surface area contributed by atoms with E-state index in [1.54, 1.807) is 24.3 Å². The van der Waals surface area contributed by atoms with Crippen LogP contribution in [0.1, 0.15) is 75.7 Å². The highest BCUT2D eigenvalue weighted by atomic mass is 19.1. The van der Waals surface area contributed by atoms with Gasteiger partial charge in [0.05, 0.1) is 6.61 Å². The zero-order chi connectivity index (χ0) is 18.6. The Morgan fingerprint density at radius 2 is 1.54 bits per heavy atom. The maximum Gasteiger partial charge on any atom is 0.237 e. The SMILES string of the molecule is CCCCCCCCCCOc1ccc(C(O)c2nccnc2F)cc1. The van der Waals surface area contributed by atoms with Crippen molar-refractivity contribution in [1.29, 1.82) is 0 Å². The molecule has 5 heteroatoms. The van der Waals surface area contributed by atoms with Crippen LogP contribution in [0.3, 0.4) is 0 Å². The maximum absolute atomic E-state index is 13.6. The van der Waals surface area contributed by atoms with Gasteiger partial charge in [-0.3, -0.25) is 4.98 Å². The molecule has 0 fully saturated rings. The van der Waals surface area contributed by atoms with E-state index in [2.05, 4.69) is 16.9 Å². The molecule has 0 aliphatic heterocycles. The molecule has 0 aliphatic carbocycles. The number of aliphatic hydroxyl groups excluding tert-OH is 1. The van der Waals surface area contributed by atoms with Crippen LogP contribution < -0.4 is 4.74 Å². The van der Waals surface area contributed by atoms with Crippen LogP contribution in [0.25, 0.3) is 0 Å². The van der Waals surface area contributed by atoms with Gasteiger partial charge in [0.25, 0.3) is 0 Å². The van der Waals surface area contributed by atoms with Crippen molar-refractivity contribution in [2.75, 3.05) is 6.61 Å². The van der Waals surface area contributed by atoms with Crippen molar-refractivity contribution in [3.63, 3.8) is 0 Å². The standard InChI is InChI=1S/C21H29FN2O2/c1-2-3-4-5-6-7-8-9-16-26-18-12-10-17(11-13-18)20(25)19-21(22)24-15-14-23-19/h10-15,20,25H,2-9,16H2,1H3. The van der Waals surface area contributed by atoms with E-state index in [-0.39, 0.29) is 5.69 Å². The van der Waals surface area contributed by atoms with Crippen molar-refractivity contribution < 1.29 is 14.2 Å². The molecule has 0 radical (unpaired) electrons. The molecule has 0 saturated heterocycles. The van der Waals surface area contributed by atoms with Crippen LogP contribution in [-0.2, 0) is 0 Å². The molecule has 4 nitrogen and oxygen atoms in total. The van der Waals surface area contributed by atoms with E-state index in [1.165, 1.54) is 57.3 Å². The first kappa shape index (κ1) is 20.3. The number of aliphatic hydroxyl groups is 1. The van der Waals surface area contributed by atoms with Crippen LogP contribution in [0.5, 0.6) is 5.75 Å². The third kappa shape index (κ3) is 6.71. The van der Waals surface area contributed by atoms with Crippen molar-refractivity contribution in [3.05, 3.63) is 53.9 Å². The number of nitrogens with zero attached hydrogens (tertiary/aromatic N) is 2. The number of rotatable bonds is 12. The molecule has 1 unspecified atom stereocenters. The molecule has 0 amide bonds. The minimum atomic E-state index is -1.13. The number of hydrogen-bond donors (Lipinski definition) is 1. The molecule has 26 heavy (non-hydrogen) atoms. The lowest BCUT2D eigenvalue weighted by Crippen LogP contribution is -2.06. The molecule has 1 atom stereocenters. The van der Waals surface area contributed by atoms with Crippen molar-refractivity contribution in [2.24, 2.45) is 0 Å². The van der Waals surface area contributed by atoms with Crippen molar-refractivity contribution in [3.8, 4) is 5.75 Å². The van der Waals surface area contributed by atoms with Crippen LogP contribution in [0.15, 0.2) is 36.7 Å². The topological polar surface area (TPSA) is 55.2 Å². The molecule has 0 spiro atoms. The predicted octanol–water partition coefficient (Wildman–Crippen LogP) is 5.22. The van der Waals surface area contributed by atoms with E-state index in [0.29, 0.717) is 12.2 Å². The van der Waals surface area contributed by atoms with Crippen LogP contribution >= 0.6 is 0 Å². The Labute approximate surface area is 155 Å². The number of ether oxygens (including phenoxy) is 1. The number of hydrogen-bond acceptors (Lipinski definition) is 4. The van der Waals surface area contributed by atoms with Gasteiger partial charge in [-0.2, -0.15) is 4.39 Å². The molecule has 0 bridgehead atoms. The highest BCUT2D eigenvalue weighted by Crippen LogP contribution is 2.23. The smallest absolute Gasteiger partial charge is 0.237 e. The van der Waals surface area contributed by atoms with E-state index in [4.69, 9.17) is 4.74 Å². The van der Waals surface area contributed by atoms with Gasteiger partial charge in [0.2, 0.25) is 5.95 Å². The van der Waals surface area contributed by atoms with Crippen molar-refractivity contribution in [1.82, 2.24) is 9.97 Å². The molecular weight excluding hydrogens is 331 g/mol. The summed E-state index contributed by atoms with van der Waals surface area (Å²) in [6, 6.07) is 7.03. The molecule has 1 heterocycles. The lowest BCUT2D eigenvalue weighted by molar-refractivity contribution is 0.207. The van der Waals surface area contributed by atoms with Crippen LogP contribution in [0.2, 0.25) is 0 Å². The van der Waals surface area contributed by atoms with Gasteiger partial charge < -0.3 is 9.84 Å². The molecule has 0 aliphatic rings. The normalized spacial score (nSPS) is 12.1. The summed E-state index contributed by atoms with van der Waals surface area (Å²) >= 11 is 0. The Morgan fingerprint density at radius 1 is 0.923 bits per heavy atom. The fourth-order valence-corrected chi connectivity index (χ4v) is 2.85. The fraction of sp³-hybridized carbons (Fsp3) is 0.524. The van der Waals surface area contributed by atoms with Gasteiger partial charge in [0.1, 0.15) is 17.5 Å². The molecule has 1 aromatic carbocycles. The number of halogens is 1. The highest BCUT2D eigenvalue weighted by molar-refractivity contribution is 5.31. The van der Waals surface area contributed by atoms with Crippen LogP contribution in [0, 0.1) is 5.95 Å². The Hall–Kier alpha value is -2.01. The quantitative estimate of drug-likeness (QED) is 0.527. The third-order valence-electron chi connectivity index (χ3n) is 4.40. The summed E-state index contributed by atoms with van der Waals surface area (Å²) in [5.41, 5.74) is 0.490. The second kappa shape index (κ2) is 11.6. The number of unbranched alkanes of at least 4 members (excludes halogenated alkanes) is 7. The van der Waals surface area contributed by atoms with E-state index in [1.807, 2.05) is 0 Å². The number of aromatic nitrogens is 2. The summed E-state index contributed by atoms with van der Waals surface area (Å²) in [5.74, 6) is -0.00136. The first-order chi connectivity index (χ1) is 12.7. The molecule has 0 saturated carbocycles. The predicted molar refractivity (Wildman–Crippen MR) is 101 cm³/mol. The summed E-state index contributed by atoms with van der Waals surface area (Å²) in [5, 5.41) is 10.2. The maximum atomic E-state index is 13.6. The highest BCUT2D eigenvalue weighted by Gasteiger charge is 2.17. The summed E-state index contributed by atoms with van der Waals surface area (Å²) in [6.45, 7) is 2.92. The summed E-state index contributed by atoms with van der Waals surface area (Å²) in [4.78, 5) is 7.37. The zero-order valence-corrected chi connectivity index (χ0v) is 15.5. The largest absolute Gasteiger partial charge is 0.494 e. The van der Waals surface area contributed by atoms with Gasteiger partial charge in [-0.05, 0) is 24.1 Å². The molecule has 1 N–H and O–H groups in total. The third-order valence-corrected chi connectivity index (χ3v) is 4.40. The Kier molecular flexibility index (Phi) is 9.04. The lowest BCUT2D eigenvalue weighted by Gasteiger charge is -2.12. The number of benzene rings is 1. The monoisotopic (exact) mass is 360 g/mol. The molecular formula is C21H29FN2O2. The van der Waals surface area contributed by atoms with E-state index < -0.39 is 12.1 Å². The summed E-state index contributed by atoms with van der Waals surface area (Å²) < 4.78 is 19.3. The Bertz CT molecular complexity index is 634. The summed E-state index contributed by atoms with van der Waals surface area (Å²) in [6.07, 6.45) is 11.6. The van der Waals surface area contributed by atoms with Crippen LogP contribution in [0.4, 0.5) is 4.39 Å². The fourth-order valence-electron chi connectivity index (χ4n) is 2.85. The van der Waals surface area contributed by atoms with Gasteiger partial charge in [-0.15, -0.1) is 0 Å². The second-order valence-electron chi connectivity index (χ2n) is 6.53. The molecule has 2 aromatic rings. The van der Waals surface area contributed by atoms with Crippen molar-refractivity contribution in [2.45, 2.75) is 64.4 Å². The van der Waals surface area contributed by atoms with Gasteiger partial charge >= 0.3 is 0 Å². The minimum Gasteiger partial charge on any atom is -0.494 e. The Morgan fingerprint density at radius 3 is 2.19 bits per heavy atom. The van der Waals surface area contributed by atoms with E-state index >= 15 is 0 Å². The van der Waals surface area contributed by atoms with Gasteiger partial charge in [0.15, 0.2) is 0 Å². The first-order valence-corrected chi connectivity index (χ1v) is 9.59. The molecule has 1 aromatic heterocycles. The second-order valence-corrected chi connectivity index (χ2v) is 6.53. The van der Waals surface area contributed by atoms with Gasteiger partial charge in [-0.25, -0.2) is 4.98 Å². The first-order valence-electron chi connectivity index (χ1n) is 9.59. The van der Waals surface area contributed by atoms with E-state index in [9.17, 15) is 9.50 Å². The molecule has 2 rings (SSSR count). The van der Waals surface area contributed by atoms with Gasteiger partial charge in [0, 0.05) is 12.4 Å². The van der Waals surface area contributed by atoms with Crippen molar-refractivity contribution >= 4 is 0 Å². The lowest BCUT2D eigenvalue weighted by atomic mass is 10.1. The van der Waals surface area contributed by atoms with Gasteiger partial charge in [-0.1, -0.05) is 64.0 Å². The van der Waals surface area contributed by atoms with Crippen LogP contribution in [-0.4, -0.2) is 21.7 Å². The Balaban J connectivity index is 1.68. The average molecular weight is 360 g/mol. The summed E-state index contributed by atoms with van der Waals surface area (Å²) in [7, 11) is 0. The van der Waals surface area contributed by atoms with E-state index in [0.717, 1.165) is 12.2 Å². The zero-order valence-electron chi connectivity index (χ0n) is 15.5. The molecule has 142 valence electrons. The minimum absolute atomic E-state index is 0.0693. The average Bonchev–Trinajstić information content (AvgIpc) is 2.67.